The number of nitrogens with zero attached hydrogens (tertiary/aromatic N) is 1. The molecule has 0 fully saturated rings. The standard InChI is InChI=1S/C20H24N2O2/c1-3-11-24-20-18(9-6-10-19(20)23-4-2)15-22-14-17-8-5-7-16(12-17)13-21/h5-10,12,22H,3-4,11,14-15H2,1-2H3. The third kappa shape index (κ3) is 5.00. The van der Waals surface area contributed by atoms with Crippen LogP contribution in [-0.2, 0) is 13.1 Å². The van der Waals surface area contributed by atoms with Crippen molar-refractivity contribution < 1.29 is 9.47 Å². The molecule has 0 aromatic heterocycles. The topological polar surface area (TPSA) is 54.3 Å². The monoisotopic (exact) mass is 324 g/mol. The summed E-state index contributed by atoms with van der Waals surface area (Å²) in [6, 6.07) is 15.8. The van der Waals surface area contributed by atoms with Gasteiger partial charge >= 0.3 is 0 Å². The quantitative estimate of drug-likeness (QED) is 0.756. The zero-order valence-electron chi connectivity index (χ0n) is 14.3. The van der Waals surface area contributed by atoms with E-state index < -0.39 is 0 Å². The average molecular weight is 324 g/mol. The normalized spacial score (nSPS) is 10.2. The molecule has 0 aliphatic rings. The van der Waals surface area contributed by atoms with Gasteiger partial charge in [-0.1, -0.05) is 31.2 Å². The summed E-state index contributed by atoms with van der Waals surface area (Å²) >= 11 is 0. The van der Waals surface area contributed by atoms with Crippen molar-refractivity contribution in [1.82, 2.24) is 5.32 Å². The van der Waals surface area contributed by atoms with E-state index in [1.807, 2.05) is 49.4 Å². The van der Waals surface area contributed by atoms with Crippen molar-refractivity contribution in [3.8, 4) is 17.6 Å². The van der Waals surface area contributed by atoms with E-state index in [1.165, 1.54) is 0 Å². The third-order valence-corrected chi connectivity index (χ3v) is 3.51. The van der Waals surface area contributed by atoms with Crippen LogP contribution in [0.3, 0.4) is 0 Å². The maximum Gasteiger partial charge on any atom is 0.165 e. The van der Waals surface area contributed by atoms with Crippen LogP contribution in [0.2, 0.25) is 0 Å². The zero-order valence-corrected chi connectivity index (χ0v) is 14.3. The van der Waals surface area contributed by atoms with Crippen molar-refractivity contribution in [3.05, 3.63) is 59.2 Å². The van der Waals surface area contributed by atoms with E-state index in [4.69, 9.17) is 14.7 Å². The van der Waals surface area contributed by atoms with E-state index in [9.17, 15) is 0 Å². The lowest BCUT2D eigenvalue weighted by atomic mass is 10.1. The van der Waals surface area contributed by atoms with Crippen LogP contribution in [-0.4, -0.2) is 13.2 Å². The summed E-state index contributed by atoms with van der Waals surface area (Å²) in [6.45, 7) is 6.71. The molecule has 0 amide bonds. The summed E-state index contributed by atoms with van der Waals surface area (Å²) in [6.07, 6.45) is 0.953. The molecular formula is C20H24N2O2. The predicted molar refractivity (Wildman–Crippen MR) is 95.1 cm³/mol. The predicted octanol–water partition coefficient (Wildman–Crippen LogP) is 4.04. The highest BCUT2D eigenvalue weighted by molar-refractivity contribution is 5.46. The SMILES string of the molecule is CCCOc1c(CNCc2cccc(C#N)c2)cccc1OCC. The van der Waals surface area contributed by atoms with Crippen LogP contribution >= 0.6 is 0 Å². The van der Waals surface area contributed by atoms with E-state index in [0.717, 1.165) is 29.0 Å². The van der Waals surface area contributed by atoms with Gasteiger partial charge in [0.1, 0.15) is 0 Å². The minimum atomic E-state index is 0.611. The number of benzene rings is 2. The molecule has 0 saturated heterocycles. The molecule has 0 saturated carbocycles. The summed E-state index contributed by atoms with van der Waals surface area (Å²) in [4.78, 5) is 0. The number of rotatable bonds is 9. The molecule has 2 aromatic carbocycles. The first-order chi connectivity index (χ1) is 11.8. The molecule has 0 atom stereocenters. The van der Waals surface area contributed by atoms with Crippen LogP contribution in [0.1, 0.15) is 37.0 Å². The average Bonchev–Trinajstić information content (AvgIpc) is 2.61. The smallest absolute Gasteiger partial charge is 0.165 e. The number of hydrogen-bond donors (Lipinski definition) is 1. The Kier molecular flexibility index (Phi) is 7.13. The first-order valence-corrected chi connectivity index (χ1v) is 8.35. The van der Waals surface area contributed by atoms with Gasteiger partial charge in [0.2, 0.25) is 0 Å². The van der Waals surface area contributed by atoms with Gasteiger partial charge in [-0.3, -0.25) is 0 Å². The molecule has 0 radical (unpaired) electrons. The number of nitrogens with one attached hydrogen (secondary N) is 1. The molecular weight excluding hydrogens is 300 g/mol. The summed E-state index contributed by atoms with van der Waals surface area (Å²) in [7, 11) is 0. The Morgan fingerprint density at radius 3 is 2.62 bits per heavy atom. The summed E-state index contributed by atoms with van der Waals surface area (Å²) in [5, 5.41) is 12.4. The second kappa shape index (κ2) is 9.59. The van der Waals surface area contributed by atoms with Gasteiger partial charge in [0.05, 0.1) is 24.8 Å². The number of para-hydroxylation sites is 1. The Morgan fingerprint density at radius 2 is 1.88 bits per heavy atom. The van der Waals surface area contributed by atoms with Crippen LogP contribution in [0, 0.1) is 11.3 Å². The lowest BCUT2D eigenvalue weighted by Crippen LogP contribution is -2.14. The fourth-order valence-corrected chi connectivity index (χ4v) is 2.43. The van der Waals surface area contributed by atoms with Crippen LogP contribution in [0.4, 0.5) is 0 Å². The van der Waals surface area contributed by atoms with Crippen molar-refractivity contribution >= 4 is 0 Å². The highest BCUT2D eigenvalue weighted by Gasteiger charge is 2.10. The van der Waals surface area contributed by atoms with Crippen LogP contribution in [0.15, 0.2) is 42.5 Å². The van der Waals surface area contributed by atoms with Gasteiger partial charge < -0.3 is 14.8 Å². The molecule has 0 unspecified atom stereocenters. The molecule has 2 rings (SSSR count). The second-order valence-corrected chi connectivity index (χ2v) is 5.44. The summed E-state index contributed by atoms with van der Waals surface area (Å²) < 4.78 is 11.6. The second-order valence-electron chi connectivity index (χ2n) is 5.44. The van der Waals surface area contributed by atoms with Crippen LogP contribution in [0.5, 0.6) is 11.5 Å². The first kappa shape index (κ1) is 17.8. The molecule has 4 nitrogen and oxygen atoms in total. The van der Waals surface area contributed by atoms with Crippen molar-refractivity contribution in [3.63, 3.8) is 0 Å². The van der Waals surface area contributed by atoms with Crippen molar-refractivity contribution in [2.24, 2.45) is 0 Å². The van der Waals surface area contributed by atoms with E-state index in [1.54, 1.807) is 0 Å². The highest BCUT2D eigenvalue weighted by atomic mass is 16.5. The Morgan fingerprint density at radius 1 is 1.04 bits per heavy atom. The molecule has 0 spiro atoms. The van der Waals surface area contributed by atoms with Crippen molar-refractivity contribution in [2.75, 3.05) is 13.2 Å². The molecule has 0 aliphatic heterocycles. The van der Waals surface area contributed by atoms with Crippen molar-refractivity contribution in [1.29, 1.82) is 5.26 Å². The van der Waals surface area contributed by atoms with Crippen molar-refractivity contribution in [2.45, 2.75) is 33.4 Å². The van der Waals surface area contributed by atoms with Gasteiger partial charge in [0.15, 0.2) is 11.5 Å². The molecule has 1 N–H and O–H groups in total. The van der Waals surface area contributed by atoms with E-state index in [0.29, 0.717) is 31.9 Å². The molecule has 4 heteroatoms. The molecule has 0 heterocycles. The number of nitriles is 1. The van der Waals surface area contributed by atoms with Gasteiger partial charge in [0.25, 0.3) is 0 Å². The number of ether oxygens (including phenoxy) is 2. The van der Waals surface area contributed by atoms with Gasteiger partial charge in [-0.2, -0.15) is 5.26 Å². The highest BCUT2D eigenvalue weighted by Crippen LogP contribution is 2.31. The summed E-state index contributed by atoms with van der Waals surface area (Å²) in [5.74, 6) is 1.61. The number of hydrogen-bond acceptors (Lipinski definition) is 4. The minimum absolute atomic E-state index is 0.611. The van der Waals surface area contributed by atoms with Gasteiger partial charge in [-0.15, -0.1) is 0 Å². The molecule has 2 aromatic rings. The fraction of sp³-hybridized carbons (Fsp3) is 0.350. The largest absolute Gasteiger partial charge is 0.490 e. The fourth-order valence-electron chi connectivity index (χ4n) is 2.43. The van der Waals surface area contributed by atoms with Gasteiger partial charge in [-0.05, 0) is 37.1 Å². The van der Waals surface area contributed by atoms with Gasteiger partial charge in [0, 0.05) is 18.7 Å². The Labute approximate surface area is 144 Å². The van der Waals surface area contributed by atoms with Crippen LogP contribution < -0.4 is 14.8 Å². The first-order valence-electron chi connectivity index (χ1n) is 8.35. The maximum atomic E-state index is 8.96. The van der Waals surface area contributed by atoms with Crippen LogP contribution in [0.25, 0.3) is 0 Å². The lowest BCUT2D eigenvalue weighted by molar-refractivity contribution is 0.274. The van der Waals surface area contributed by atoms with E-state index in [-0.39, 0.29) is 0 Å². The van der Waals surface area contributed by atoms with Gasteiger partial charge in [-0.25, -0.2) is 0 Å². The molecule has 0 aliphatic carbocycles. The lowest BCUT2D eigenvalue weighted by Gasteiger charge is -2.16. The van der Waals surface area contributed by atoms with E-state index in [2.05, 4.69) is 18.3 Å². The molecule has 0 bridgehead atoms. The molecule has 126 valence electrons. The van der Waals surface area contributed by atoms with E-state index >= 15 is 0 Å². The minimum Gasteiger partial charge on any atom is -0.490 e. The maximum absolute atomic E-state index is 8.96. The third-order valence-electron chi connectivity index (χ3n) is 3.51. The zero-order chi connectivity index (χ0) is 17.2. The summed E-state index contributed by atoms with van der Waals surface area (Å²) in [5.41, 5.74) is 2.84. The Hall–Kier alpha value is -2.51. The Balaban J connectivity index is 2.05. The Bertz CT molecular complexity index is 692. The molecule has 24 heavy (non-hydrogen) atoms.